The molecule has 1 saturated carbocycles. The summed E-state index contributed by atoms with van der Waals surface area (Å²) in [5.74, 6) is -0.111. The second-order valence-corrected chi connectivity index (χ2v) is 7.38. The van der Waals surface area contributed by atoms with E-state index in [1.807, 2.05) is 20.8 Å². The van der Waals surface area contributed by atoms with Gasteiger partial charge in [-0.05, 0) is 51.4 Å². The number of aliphatic hydroxyl groups is 1. The number of carbonyl (C=O) groups excluding carboxylic acids is 3. The van der Waals surface area contributed by atoms with Gasteiger partial charge in [-0.25, -0.2) is 9.59 Å². The van der Waals surface area contributed by atoms with E-state index in [1.54, 1.807) is 0 Å². The number of hydrogen-bond acceptors (Lipinski definition) is 6. The van der Waals surface area contributed by atoms with Crippen LogP contribution in [0.2, 0.25) is 0 Å². The lowest BCUT2D eigenvalue weighted by Crippen LogP contribution is -2.31. The van der Waals surface area contributed by atoms with Crippen LogP contribution in [-0.2, 0) is 23.9 Å². The van der Waals surface area contributed by atoms with Crippen LogP contribution in [0.3, 0.4) is 0 Å². The van der Waals surface area contributed by atoms with Gasteiger partial charge in [-0.15, -0.1) is 0 Å². The molecule has 0 aromatic carbocycles. The fraction of sp³-hybridized carbons (Fsp3) is 0.611. The summed E-state index contributed by atoms with van der Waals surface area (Å²) in [5.41, 5.74) is -0.467. The van der Waals surface area contributed by atoms with Gasteiger partial charge in [0.05, 0.1) is 12.5 Å². The standard InChI is InChI=1S/C14H22O3.C4H2O3/c1-14(2,3)17-13(16)8-12(15)11-7-9-4-5-10(11)6-9;5-3-1-2-4(6)7-3/h4-5,9-12,15H,6-8H2,1-3H3;1-2H. The molecule has 6 heteroatoms. The Morgan fingerprint density at radius 1 is 1.25 bits per heavy atom. The number of fused-ring (bicyclic) bond motifs is 2. The number of cyclic esters (lactones) is 2. The first-order valence-electron chi connectivity index (χ1n) is 8.16. The maximum atomic E-state index is 11.6. The van der Waals surface area contributed by atoms with E-state index in [0.717, 1.165) is 25.0 Å². The maximum Gasteiger partial charge on any atom is 0.338 e. The van der Waals surface area contributed by atoms with Crippen molar-refractivity contribution in [1.82, 2.24) is 0 Å². The summed E-state index contributed by atoms with van der Waals surface area (Å²) in [6.45, 7) is 5.53. The minimum atomic E-state index is -0.579. The van der Waals surface area contributed by atoms with Crippen molar-refractivity contribution >= 4 is 17.9 Å². The third-order valence-electron chi connectivity index (χ3n) is 4.18. The Hall–Kier alpha value is -1.95. The Balaban J connectivity index is 0.000000249. The lowest BCUT2D eigenvalue weighted by molar-refractivity contribution is -0.158. The van der Waals surface area contributed by atoms with Crippen LogP contribution in [0.1, 0.15) is 40.0 Å². The van der Waals surface area contributed by atoms with E-state index in [-0.39, 0.29) is 18.3 Å². The predicted molar refractivity (Wildman–Crippen MR) is 85.6 cm³/mol. The molecule has 1 fully saturated rings. The highest BCUT2D eigenvalue weighted by atomic mass is 16.6. The Kier molecular flexibility index (Phi) is 5.59. The zero-order valence-corrected chi connectivity index (χ0v) is 14.2. The van der Waals surface area contributed by atoms with Gasteiger partial charge in [0, 0.05) is 12.2 Å². The molecule has 0 aromatic heterocycles. The van der Waals surface area contributed by atoms with E-state index >= 15 is 0 Å². The zero-order chi connectivity index (χ0) is 17.9. The van der Waals surface area contributed by atoms with Gasteiger partial charge in [-0.2, -0.15) is 0 Å². The van der Waals surface area contributed by atoms with Gasteiger partial charge in [0.15, 0.2) is 0 Å². The summed E-state index contributed by atoms with van der Waals surface area (Å²) >= 11 is 0. The molecule has 2 bridgehead atoms. The third-order valence-corrected chi connectivity index (χ3v) is 4.18. The smallest absolute Gasteiger partial charge is 0.338 e. The number of carbonyl (C=O) groups is 3. The Bertz CT molecular complexity index is 553. The van der Waals surface area contributed by atoms with Crippen molar-refractivity contribution in [3.8, 4) is 0 Å². The molecule has 3 rings (SSSR count). The molecular weight excluding hydrogens is 312 g/mol. The lowest BCUT2D eigenvalue weighted by atomic mass is 9.87. The minimum Gasteiger partial charge on any atom is -0.460 e. The van der Waals surface area contributed by atoms with Crippen molar-refractivity contribution in [2.45, 2.75) is 51.7 Å². The van der Waals surface area contributed by atoms with E-state index in [0.29, 0.717) is 11.8 Å². The molecule has 1 aliphatic heterocycles. The van der Waals surface area contributed by atoms with Gasteiger partial charge in [-0.1, -0.05) is 12.2 Å². The van der Waals surface area contributed by atoms with Crippen molar-refractivity contribution in [3.05, 3.63) is 24.3 Å². The first-order chi connectivity index (χ1) is 11.1. The van der Waals surface area contributed by atoms with Crippen LogP contribution in [0.5, 0.6) is 0 Å². The fourth-order valence-corrected chi connectivity index (χ4v) is 3.27. The highest BCUT2D eigenvalue weighted by Gasteiger charge is 2.40. The third kappa shape index (κ3) is 5.30. The summed E-state index contributed by atoms with van der Waals surface area (Å²) < 4.78 is 9.20. The molecular formula is C18H24O6. The first-order valence-corrected chi connectivity index (χ1v) is 8.16. The van der Waals surface area contributed by atoms with Crippen LogP contribution in [0, 0.1) is 17.8 Å². The van der Waals surface area contributed by atoms with Gasteiger partial charge < -0.3 is 14.6 Å². The maximum absolute atomic E-state index is 11.6. The van der Waals surface area contributed by atoms with Crippen molar-refractivity contribution in [1.29, 1.82) is 0 Å². The molecule has 0 saturated heterocycles. The van der Waals surface area contributed by atoms with Crippen LogP contribution in [0.25, 0.3) is 0 Å². The first kappa shape index (κ1) is 18.4. The molecule has 1 N–H and O–H groups in total. The number of allylic oxidation sites excluding steroid dienone is 2. The second kappa shape index (κ2) is 7.30. The topological polar surface area (TPSA) is 89.9 Å². The molecule has 0 spiro atoms. The van der Waals surface area contributed by atoms with Crippen molar-refractivity contribution in [2.24, 2.45) is 17.8 Å². The Morgan fingerprint density at radius 3 is 2.25 bits per heavy atom. The van der Waals surface area contributed by atoms with E-state index < -0.39 is 23.6 Å². The van der Waals surface area contributed by atoms with E-state index in [2.05, 4.69) is 16.9 Å². The van der Waals surface area contributed by atoms with Crippen molar-refractivity contribution < 1.29 is 29.0 Å². The predicted octanol–water partition coefficient (Wildman–Crippen LogP) is 1.92. The average molecular weight is 336 g/mol. The largest absolute Gasteiger partial charge is 0.460 e. The van der Waals surface area contributed by atoms with E-state index in [1.165, 1.54) is 0 Å². The molecule has 132 valence electrons. The van der Waals surface area contributed by atoms with Gasteiger partial charge in [0.2, 0.25) is 0 Å². The number of aliphatic hydroxyl groups excluding tert-OH is 1. The zero-order valence-electron chi connectivity index (χ0n) is 14.2. The molecule has 1 heterocycles. The molecule has 0 amide bonds. The summed E-state index contributed by atoms with van der Waals surface area (Å²) in [6.07, 6.45) is 8.34. The Labute approximate surface area is 141 Å². The SMILES string of the molecule is CC(C)(C)OC(=O)CC(O)C1CC2C=CC1C2.O=C1C=CC(=O)O1. The van der Waals surface area contributed by atoms with E-state index in [4.69, 9.17) is 4.74 Å². The van der Waals surface area contributed by atoms with Crippen molar-refractivity contribution in [2.75, 3.05) is 0 Å². The molecule has 24 heavy (non-hydrogen) atoms. The van der Waals surface area contributed by atoms with Gasteiger partial charge >= 0.3 is 17.9 Å². The highest BCUT2D eigenvalue weighted by molar-refractivity contribution is 6.04. The monoisotopic (exact) mass is 336 g/mol. The number of rotatable bonds is 3. The van der Waals surface area contributed by atoms with E-state index in [9.17, 15) is 19.5 Å². The second-order valence-electron chi connectivity index (χ2n) is 7.38. The van der Waals surface area contributed by atoms with Crippen LogP contribution in [0.4, 0.5) is 0 Å². The Morgan fingerprint density at radius 2 is 1.88 bits per heavy atom. The van der Waals surface area contributed by atoms with Crippen LogP contribution in [0.15, 0.2) is 24.3 Å². The highest BCUT2D eigenvalue weighted by Crippen LogP contribution is 2.45. The van der Waals surface area contributed by atoms with Gasteiger partial charge in [0.25, 0.3) is 0 Å². The normalized spacial score (nSPS) is 28.4. The van der Waals surface area contributed by atoms with Gasteiger partial charge in [-0.3, -0.25) is 4.79 Å². The summed E-state index contributed by atoms with van der Waals surface area (Å²) in [5, 5.41) is 10.1. The minimum absolute atomic E-state index is 0.124. The quantitative estimate of drug-likeness (QED) is 0.481. The molecule has 2 aliphatic carbocycles. The van der Waals surface area contributed by atoms with Crippen LogP contribution < -0.4 is 0 Å². The summed E-state index contributed by atoms with van der Waals surface area (Å²) in [7, 11) is 0. The molecule has 0 radical (unpaired) electrons. The van der Waals surface area contributed by atoms with Gasteiger partial charge in [0.1, 0.15) is 5.60 Å². The number of ether oxygens (including phenoxy) is 2. The fourth-order valence-electron chi connectivity index (χ4n) is 3.27. The lowest BCUT2D eigenvalue weighted by Gasteiger charge is -2.25. The van der Waals surface area contributed by atoms with Crippen LogP contribution >= 0.6 is 0 Å². The molecule has 0 aromatic rings. The molecule has 6 nitrogen and oxygen atoms in total. The molecule has 4 atom stereocenters. The molecule has 3 aliphatic rings. The summed E-state index contributed by atoms with van der Waals surface area (Å²) in [4.78, 5) is 31.5. The number of esters is 3. The van der Waals surface area contributed by atoms with Crippen molar-refractivity contribution in [3.63, 3.8) is 0 Å². The average Bonchev–Trinajstić information content (AvgIpc) is 3.14. The molecule has 4 unspecified atom stereocenters. The summed E-state index contributed by atoms with van der Waals surface area (Å²) in [6, 6.07) is 0. The number of hydrogen-bond donors (Lipinski definition) is 1. The van der Waals surface area contributed by atoms with Crippen LogP contribution in [-0.4, -0.2) is 34.7 Å².